The molecule has 0 aliphatic carbocycles. The van der Waals surface area contributed by atoms with Gasteiger partial charge in [-0.25, -0.2) is 4.79 Å². The molecular weight excluding hydrogens is 356 g/mol. The molecular formula is C17H12N4O4S. The van der Waals surface area contributed by atoms with E-state index in [0.717, 1.165) is 11.1 Å². The lowest BCUT2D eigenvalue weighted by Gasteiger charge is -2.02. The van der Waals surface area contributed by atoms with Crippen molar-refractivity contribution in [1.29, 1.82) is 0 Å². The van der Waals surface area contributed by atoms with Crippen LogP contribution in [0.15, 0.2) is 50.1 Å². The van der Waals surface area contributed by atoms with Crippen molar-refractivity contribution in [3.8, 4) is 22.9 Å². The summed E-state index contributed by atoms with van der Waals surface area (Å²) in [5.41, 5.74) is 1.96. The highest BCUT2D eigenvalue weighted by Gasteiger charge is 2.13. The van der Waals surface area contributed by atoms with E-state index in [1.165, 1.54) is 11.3 Å². The maximum absolute atomic E-state index is 12.1. The van der Waals surface area contributed by atoms with Crippen LogP contribution in [0.5, 0.6) is 0 Å². The second-order valence-electron chi connectivity index (χ2n) is 5.33. The number of benzene rings is 1. The lowest BCUT2D eigenvalue weighted by molar-refractivity contribution is 0.0459. The molecule has 3 aromatic heterocycles. The number of hydrogen-bond acceptors (Lipinski definition) is 9. The topological polar surface area (TPSA) is 104 Å². The highest BCUT2D eigenvalue weighted by molar-refractivity contribution is 7.08. The summed E-state index contributed by atoms with van der Waals surface area (Å²) in [6.07, 6.45) is 0. The molecule has 0 aliphatic rings. The quantitative estimate of drug-likeness (QED) is 0.493. The summed E-state index contributed by atoms with van der Waals surface area (Å²) < 4.78 is 15.5. The minimum absolute atomic E-state index is 0.0723. The van der Waals surface area contributed by atoms with Crippen molar-refractivity contribution in [1.82, 2.24) is 20.3 Å². The van der Waals surface area contributed by atoms with Gasteiger partial charge < -0.3 is 13.8 Å². The average molecular weight is 368 g/mol. The number of carbonyl (C=O) groups excluding carboxylic acids is 1. The van der Waals surface area contributed by atoms with E-state index in [0.29, 0.717) is 29.0 Å². The molecule has 0 saturated carbocycles. The van der Waals surface area contributed by atoms with E-state index in [1.54, 1.807) is 31.2 Å². The number of carbonyl (C=O) groups is 1. The standard InChI is InChI=1S/C17H12N4O4S/c1-10-18-15(24-20-10)11-2-4-12(5-3-11)17(22)23-8-14-19-16(25-21-14)13-6-7-26-9-13/h2-7,9H,8H2,1H3. The van der Waals surface area contributed by atoms with Crippen LogP contribution >= 0.6 is 11.3 Å². The zero-order chi connectivity index (χ0) is 17.9. The van der Waals surface area contributed by atoms with Crippen LogP contribution in [0, 0.1) is 6.92 Å². The second-order valence-corrected chi connectivity index (χ2v) is 6.11. The Morgan fingerprint density at radius 2 is 1.81 bits per heavy atom. The van der Waals surface area contributed by atoms with Crippen LogP contribution in [0.2, 0.25) is 0 Å². The van der Waals surface area contributed by atoms with Gasteiger partial charge in [0, 0.05) is 10.9 Å². The van der Waals surface area contributed by atoms with E-state index < -0.39 is 5.97 Å². The Kier molecular flexibility index (Phi) is 4.28. The first-order valence-corrected chi connectivity index (χ1v) is 8.56. The summed E-state index contributed by atoms with van der Waals surface area (Å²) in [6, 6.07) is 8.56. The predicted molar refractivity (Wildman–Crippen MR) is 91.2 cm³/mol. The van der Waals surface area contributed by atoms with E-state index in [-0.39, 0.29) is 6.61 Å². The van der Waals surface area contributed by atoms with Gasteiger partial charge in [0.15, 0.2) is 12.4 Å². The number of nitrogens with zero attached hydrogens (tertiary/aromatic N) is 4. The van der Waals surface area contributed by atoms with Crippen molar-refractivity contribution in [3.63, 3.8) is 0 Å². The molecule has 0 radical (unpaired) electrons. The Morgan fingerprint density at radius 1 is 1.04 bits per heavy atom. The Balaban J connectivity index is 1.39. The molecule has 8 nitrogen and oxygen atoms in total. The van der Waals surface area contributed by atoms with Gasteiger partial charge in [-0.15, -0.1) is 0 Å². The highest BCUT2D eigenvalue weighted by atomic mass is 32.1. The normalized spacial score (nSPS) is 10.8. The molecule has 0 bridgehead atoms. The first-order valence-electron chi connectivity index (χ1n) is 7.62. The summed E-state index contributed by atoms with van der Waals surface area (Å²) in [4.78, 5) is 20.5. The monoisotopic (exact) mass is 368 g/mol. The molecule has 0 fully saturated rings. The van der Waals surface area contributed by atoms with Crippen molar-refractivity contribution in [2.75, 3.05) is 0 Å². The molecule has 9 heteroatoms. The third-order valence-electron chi connectivity index (χ3n) is 3.46. The van der Waals surface area contributed by atoms with Crippen LogP contribution < -0.4 is 0 Å². The predicted octanol–water partition coefficient (Wildman–Crippen LogP) is 3.51. The molecule has 0 unspecified atom stereocenters. The minimum atomic E-state index is -0.486. The molecule has 3 heterocycles. The fourth-order valence-corrected chi connectivity index (χ4v) is 2.82. The van der Waals surface area contributed by atoms with Gasteiger partial charge in [-0.1, -0.05) is 10.3 Å². The summed E-state index contributed by atoms with van der Waals surface area (Å²) in [7, 11) is 0. The van der Waals surface area contributed by atoms with Crippen LogP contribution in [0.25, 0.3) is 22.9 Å². The molecule has 0 atom stereocenters. The van der Waals surface area contributed by atoms with E-state index in [4.69, 9.17) is 13.8 Å². The molecule has 0 aliphatic heterocycles. The number of esters is 1. The molecule has 4 aromatic rings. The Bertz CT molecular complexity index is 1020. The Morgan fingerprint density at radius 3 is 2.50 bits per heavy atom. The van der Waals surface area contributed by atoms with Gasteiger partial charge in [0.05, 0.1) is 11.1 Å². The van der Waals surface area contributed by atoms with Gasteiger partial charge in [-0.2, -0.15) is 21.3 Å². The van der Waals surface area contributed by atoms with Crippen molar-refractivity contribution in [2.45, 2.75) is 13.5 Å². The van der Waals surface area contributed by atoms with E-state index in [9.17, 15) is 4.79 Å². The summed E-state index contributed by atoms with van der Waals surface area (Å²) >= 11 is 1.53. The number of ether oxygens (including phenoxy) is 1. The third-order valence-corrected chi connectivity index (χ3v) is 4.15. The first-order chi connectivity index (χ1) is 12.7. The Labute approximate surface area is 151 Å². The van der Waals surface area contributed by atoms with Gasteiger partial charge in [0.25, 0.3) is 11.8 Å². The number of thiophene rings is 1. The Hall–Kier alpha value is -3.33. The fraction of sp³-hybridized carbons (Fsp3) is 0.118. The van der Waals surface area contributed by atoms with E-state index in [1.807, 2.05) is 16.8 Å². The molecule has 130 valence electrons. The van der Waals surface area contributed by atoms with Crippen molar-refractivity contribution in [3.05, 3.63) is 58.3 Å². The average Bonchev–Trinajstić information content (AvgIpc) is 3.41. The van der Waals surface area contributed by atoms with Crippen molar-refractivity contribution < 1.29 is 18.6 Å². The van der Waals surface area contributed by atoms with Crippen LogP contribution in [-0.2, 0) is 11.3 Å². The highest BCUT2D eigenvalue weighted by Crippen LogP contribution is 2.20. The zero-order valence-electron chi connectivity index (χ0n) is 13.6. The van der Waals surface area contributed by atoms with Crippen LogP contribution in [0.3, 0.4) is 0 Å². The summed E-state index contributed by atoms with van der Waals surface area (Å²) in [5, 5.41) is 11.4. The molecule has 0 saturated heterocycles. The zero-order valence-corrected chi connectivity index (χ0v) is 14.4. The number of aromatic nitrogens is 4. The SMILES string of the molecule is Cc1noc(-c2ccc(C(=O)OCc3noc(-c4ccsc4)n3)cc2)n1. The van der Waals surface area contributed by atoms with E-state index >= 15 is 0 Å². The molecule has 4 rings (SSSR count). The van der Waals surface area contributed by atoms with Gasteiger partial charge in [-0.3, -0.25) is 0 Å². The maximum atomic E-state index is 12.1. The van der Waals surface area contributed by atoms with Crippen LogP contribution in [-0.4, -0.2) is 26.3 Å². The van der Waals surface area contributed by atoms with Gasteiger partial charge in [0.1, 0.15) is 0 Å². The largest absolute Gasteiger partial charge is 0.454 e. The van der Waals surface area contributed by atoms with Crippen LogP contribution in [0.1, 0.15) is 22.0 Å². The lowest BCUT2D eigenvalue weighted by Crippen LogP contribution is -2.06. The lowest BCUT2D eigenvalue weighted by atomic mass is 10.1. The van der Waals surface area contributed by atoms with Crippen molar-refractivity contribution >= 4 is 17.3 Å². The van der Waals surface area contributed by atoms with Gasteiger partial charge >= 0.3 is 5.97 Å². The van der Waals surface area contributed by atoms with Gasteiger partial charge in [0.2, 0.25) is 5.82 Å². The summed E-state index contributed by atoms with van der Waals surface area (Å²) in [5.74, 6) is 1.16. The van der Waals surface area contributed by atoms with E-state index in [2.05, 4.69) is 20.3 Å². The number of rotatable bonds is 5. The number of hydrogen-bond donors (Lipinski definition) is 0. The smallest absolute Gasteiger partial charge is 0.338 e. The molecule has 0 N–H and O–H groups in total. The molecule has 0 amide bonds. The molecule has 0 spiro atoms. The maximum Gasteiger partial charge on any atom is 0.338 e. The first kappa shape index (κ1) is 16.2. The number of aryl methyl sites for hydroxylation is 1. The fourth-order valence-electron chi connectivity index (χ4n) is 2.19. The molecule has 26 heavy (non-hydrogen) atoms. The van der Waals surface area contributed by atoms with Gasteiger partial charge in [-0.05, 0) is 42.6 Å². The minimum Gasteiger partial charge on any atom is -0.454 e. The van der Waals surface area contributed by atoms with Crippen LogP contribution in [0.4, 0.5) is 0 Å². The second kappa shape index (κ2) is 6.89. The van der Waals surface area contributed by atoms with Crippen molar-refractivity contribution in [2.24, 2.45) is 0 Å². The summed E-state index contributed by atoms with van der Waals surface area (Å²) in [6.45, 7) is 1.66. The molecule has 1 aromatic carbocycles. The third kappa shape index (κ3) is 3.38.